The molecule has 1 aromatic rings. The van der Waals surface area contributed by atoms with Crippen LogP contribution in [0.3, 0.4) is 0 Å². The van der Waals surface area contributed by atoms with Gasteiger partial charge in [0.05, 0.1) is 10.0 Å². The van der Waals surface area contributed by atoms with Gasteiger partial charge in [0, 0.05) is 19.8 Å². The summed E-state index contributed by atoms with van der Waals surface area (Å²) >= 11 is 11.9. The van der Waals surface area contributed by atoms with E-state index in [0.717, 1.165) is 25.1 Å². The third-order valence-corrected chi connectivity index (χ3v) is 3.15. The minimum absolute atomic E-state index is 0.264. The zero-order chi connectivity index (χ0) is 12.0. The number of halogens is 2. The predicted molar refractivity (Wildman–Crippen MR) is 69.4 cm³/mol. The molecule has 2 nitrogen and oxygen atoms in total. The third-order valence-electron chi connectivity index (χ3n) is 2.41. The van der Waals surface area contributed by atoms with Crippen molar-refractivity contribution in [3.63, 3.8) is 0 Å². The second kappa shape index (κ2) is 7.13. The molecule has 1 atom stereocenters. The van der Waals surface area contributed by atoms with Gasteiger partial charge in [0.15, 0.2) is 0 Å². The van der Waals surface area contributed by atoms with E-state index in [1.165, 1.54) is 0 Å². The molecule has 0 amide bonds. The molecule has 1 N–H and O–H groups in total. The Kier molecular flexibility index (Phi) is 6.14. The number of ether oxygens (including phenoxy) is 1. The number of hydrogen-bond donors (Lipinski definition) is 1. The molecule has 0 spiro atoms. The highest BCUT2D eigenvalue weighted by atomic mass is 35.5. The Morgan fingerprint density at radius 1 is 1.31 bits per heavy atom. The van der Waals surface area contributed by atoms with Gasteiger partial charge in [0.1, 0.15) is 0 Å². The topological polar surface area (TPSA) is 21.3 Å². The first-order valence-electron chi connectivity index (χ1n) is 5.36. The Bertz CT molecular complexity index is 331. The molecule has 0 aliphatic carbocycles. The van der Waals surface area contributed by atoms with Crippen molar-refractivity contribution in [3.8, 4) is 0 Å². The van der Waals surface area contributed by atoms with Crippen LogP contribution in [-0.4, -0.2) is 20.3 Å². The van der Waals surface area contributed by atoms with Gasteiger partial charge in [-0.25, -0.2) is 0 Å². The molecule has 0 heterocycles. The molecule has 0 bridgehead atoms. The van der Waals surface area contributed by atoms with E-state index in [0.29, 0.717) is 10.0 Å². The Morgan fingerprint density at radius 2 is 2.06 bits per heavy atom. The summed E-state index contributed by atoms with van der Waals surface area (Å²) in [4.78, 5) is 0. The maximum Gasteiger partial charge on any atom is 0.0595 e. The lowest BCUT2D eigenvalue weighted by Crippen LogP contribution is -2.22. The molecule has 4 heteroatoms. The number of methoxy groups -OCH3 is 1. The first-order chi connectivity index (χ1) is 7.69. The lowest BCUT2D eigenvalue weighted by Gasteiger charge is -2.18. The van der Waals surface area contributed by atoms with Gasteiger partial charge >= 0.3 is 0 Å². The van der Waals surface area contributed by atoms with Gasteiger partial charge in [-0.1, -0.05) is 36.2 Å². The van der Waals surface area contributed by atoms with E-state index < -0.39 is 0 Å². The van der Waals surface area contributed by atoms with Gasteiger partial charge in [-0.15, -0.1) is 0 Å². The van der Waals surface area contributed by atoms with E-state index in [2.05, 4.69) is 12.2 Å². The Labute approximate surface area is 107 Å². The van der Waals surface area contributed by atoms with Crippen LogP contribution in [0.15, 0.2) is 18.2 Å². The van der Waals surface area contributed by atoms with E-state index in [1.807, 2.05) is 18.2 Å². The molecule has 0 radical (unpaired) electrons. The zero-order valence-corrected chi connectivity index (χ0v) is 11.1. The molecule has 0 saturated carbocycles. The van der Waals surface area contributed by atoms with Crippen LogP contribution >= 0.6 is 23.2 Å². The summed E-state index contributed by atoms with van der Waals surface area (Å²) in [7, 11) is 1.71. The quantitative estimate of drug-likeness (QED) is 0.844. The van der Waals surface area contributed by atoms with Crippen molar-refractivity contribution in [1.29, 1.82) is 0 Å². The lowest BCUT2D eigenvalue weighted by atomic mass is 10.0. The summed E-state index contributed by atoms with van der Waals surface area (Å²) in [5.74, 6) is 0. The van der Waals surface area contributed by atoms with Crippen LogP contribution < -0.4 is 5.32 Å². The lowest BCUT2D eigenvalue weighted by molar-refractivity contribution is 0.183. The summed E-state index contributed by atoms with van der Waals surface area (Å²) in [6.07, 6.45) is 0.919. The molecule has 1 aromatic carbocycles. The minimum atomic E-state index is 0.264. The molecule has 1 unspecified atom stereocenters. The van der Waals surface area contributed by atoms with Crippen LogP contribution in [-0.2, 0) is 4.74 Å². The Morgan fingerprint density at radius 3 is 2.62 bits per heavy atom. The van der Waals surface area contributed by atoms with Crippen molar-refractivity contribution in [2.45, 2.75) is 19.4 Å². The van der Waals surface area contributed by atoms with Crippen LogP contribution in [0.4, 0.5) is 0 Å². The van der Waals surface area contributed by atoms with E-state index in [-0.39, 0.29) is 6.04 Å². The second-order valence-corrected chi connectivity index (χ2v) is 4.38. The molecule has 0 aliphatic rings. The second-order valence-electron chi connectivity index (χ2n) is 3.57. The van der Waals surface area contributed by atoms with Crippen molar-refractivity contribution in [3.05, 3.63) is 33.8 Å². The van der Waals surface area contributed by atoms with Crippen LogP contribution in [0.2, 0.25) is 10.0 Å². The minimum Gasteiger partial charge on any atom is -0.385 e. The first-order valence-corrected chi connectivity index (χ1v) is 6.12. The first kappa shape index (κ1) is 13.8. The molecule has 1 rings (SSSR count). The van der Waals surface area contributed by atoms with Crippen LogP contribution in [0, 0.1) is 0 Å². The van der Waals surface area contributed by atoms with E-state index in [1.54, 1.807) is 7.11 Å². The molecule has 0 aromatic heterocycles. The molecular weight excluding hydrogens is 245 g/mol. The summed E-state index contributed by atoms with van der Waals surface area (Å²) in [6.45, 7) is 3.71. The third kappa shape index (κ3) is 3.95. The number of rotatable bonds is 6. The van der Waals surface area contributed by atoms with Crippen LogP contribution in [0.1, 0.15) is 24.9 Å². The molecule has 0 fully saturated rings. The SMILES string of the molecule is CCNC(CCOC)c1ccc(Cl)c(Cl)c1. The monoisotopic (exact) mass is 261 g/mol. The largest absolute Gasteiger partial charge is 0.385 e. The van der Waals surface area contributed by atoms with E-state index >= 15 is 0 Å². The summed E-state index contributed by atoms with van der Waals surface area (Å²) in [6, 6.07) is 6.00. The van der Waals surface area contributed by atoms with Crippen LogP contribution in [0.25, 0.3) is 0 Å². The molecule has 0 aliphatic heterocycles. The highest BCUT2D eigenvalue weighted by Crippen LogP contribution is 2.26. The fourth-order valence-electron chi connectivity index (χ4n) is 1.60. The Hall–Kier alpha value is -0.280. The standard InChI is InChI=1S/C12H17Cl2NO/c1-3-15-12(6-7-16-2)9-4-5-10(13)11(14)8-9/h4-5,8,12,15H,3,6-7H2,1-2H3. The van der Waals surface area contributed by atoms with Gasteiger partial charge in [-0.3, -0.25) is 0 Å². The highest BCUT2D eigenvalue weighted by molar-refractivity contribution is 6.42. The molecule has 0 saturated heterocycles. The highest BCUT2D eigenvalue weighted by Gasteiger charge is 2.11. The van der Waals surface area contributed by atoms with Crippen molar-refractivity contribution in [2.75, 3.05) is 20.3 Å². The van der Waals surface area contributed by atoms with Gasteiger partial charge in [0.25, 0.3) is 0 Å². The van der Waals surface area contributed by atoms with Gasteiger partial charge < -0.3 is 10.1 Å². The molecule has 16 heavy (non-hydrogen) atoms. The van der Waals surface area contributed by atoms with E-state index in [4.69, 9.17) is 27.9 Å². The Balaban J connectivity index is 2.78. The zero-order valence-electron chi connectivity index (χ0n) is 9.59. The van der Waals surface area contributed by atoms with Gasteiger partial charge in [0.2, 0.25) is 0 Å². The van der Waals surface area contributed by atoms with E-state index in [9.17, 15) is 0 Å². The summed E-state index contributed by atoms with van der Waals surface area (Å²) in [5.41, 5.74) is 1.15. The smallest absolute Gasteiger partial charge is 0.0595 e. The van der Waals surface area contributed by atoms with Crippen molar-refractivity contribution < 1.29 is 4.74 Å². The molecule has 90 valence electrons. The van der Waals surface area contributed by atoms with Crippen LogP contribution in [0.5, 0.6) is 0 Å². The average Bonchev–Trinajstić information content (AvgIpc) is 2.28. The number of benzene rings is 1. The van der Waals surface area contributed by atoms with Crippen molar-refractivity contribution >= 4 is 23.2 Å². The van der Waals surface area contributed by atoms with Gasteiger partial charge in [-0.05, 0) is 30.7 Å². The number of hydrogen-bond acceptors (Lipinski definition) is 2. The summed E-state index contributed by atoms with van der Waals surface area (Å²) < 4.78 is 5.10. The molecular formula is C12H17Cl2NO. The normalized spacial score (nSPS) is 12.8. The van der Waals surface area contributed by atoms with Crippen molar-refractivity contribution in [2.24, 2.45) is 0 Å². The average molecular weight is 262 g/mol. The predicted octanol–water partition coefficient (Wildman–Crippen LogP) is 3.68. The maximum atomic E-state index is 6.00. The summed E-state index contributed by atoms with van der Waals surface area (Å²) in [5, 5.41) is 4.59. The van der Waals surface area contributed by atoms with Crippen molar-refractivity contribution in [1.82, 2.24) is 5.32 Å². The number of nitrogens with one attached hydrogen (secondary N) is 1. The van der Waals surface area contributed by atoms with Gasteiger partial charge in [-0.2, -0.15) is 0 Å². The fraction of sp³-hybridized carbons (Fsp3) is 0.500. The fourth-order valence-corrected chi connectivity index (χ4v) is 1.90. The maximum absolute atomic E-state index is 6.00.